The lowest BCUT2D eigenvalue weighted by Crippen LogP contribution is -2.52. The molecule has 3 rings (SSSR count). The molecule has 0 unspecified atom stereocenters. The molecule has 0 aromatic heterocycles. The molecule has 1 amide bonds. The summed E-state index contributed by atoms with van der Waals surface area (Å²) in [5.41, 5.74) is 1.30. The number of benzene rings is 1. The third kappa shape index (κ3) is 7.35. The maximum Gasteiger partial charge on any atom is 0.222 e. The van der Waals surface area contributed by atoms with Crippen LogP contribution in [0.25, 0.3) is 0 Å². The van der Waals surface area contributed by atoms with Crippen molar-refractivity contribution in [2.45, 2.75) is 39.0 Å². The Labute approximate surface area is 192 Å². The van der Waals surface area contributed by atoms with Crippen molar-refractivity contribution in [3.05, 3.63) is 30.3 Å². The van der Waals surface area contributed by atoms with E-state index in [9.17, 15) is 4.79 Å². The largest absolute Gasteiger partial charge is 0.368 e. The van der Waals surface area contributed by atoms with Crippen molar-refractivity contribution in [3.8, 4) is 0 Å². The average molecular weight is 513 g/mol. The van der Waals surface area contributed by atoms with Gasteiger partial charge in [0.25, 0.3) is 0 Å². The minimum Gasteiger partial charge on any atom is -0.368 e. The Balaban J connectivity index is 0.00000300. The first kappa shape index (κ1) is 23.8. The molecular weight excluding hydrogens is 477 g/mol. The summed E-state index contributed by atoms with van der Waals surface area (Å²) in [5.74, 6) is 1.34. The van der Waals surface area contributed by atoms with E-state index < -0.39 is 0 Å². The summed E-state index contributed by atoms with van der Waals surface area (Å²) in [5, 5.41) is 3.44. The summed E-state index contributed by atoms with van der Waals surface area (Å²) in [4.78, 5) is 23.8. The molecule has 0 saturated carbocycles. The van der Waals surface area contributed by atoms with Gasteiger partial charge in [-0.25, -0.2) is 0 Å². The van der Waals surface area contributed by atoms with Gasteiger partial charge >= 0.3 is 0 Å². The number of amides is 1. The van der Waals surface area contributed by atoms with Gasteiger partial charge in [0, 0.05) is 64.5 Å². The lowest BCUT2D eigenvalue weighted by Gasteiger charge is -2.37. The highest BCUT2D eigenvalue weighted by molar-refractivity contribution is 14.0. The van der Waals surface area contributed by atoms with Crippen molar-refractivity contribution >= 4 is 41.5 Å². The van der Waals surface area contributed by atoms with Crippen LogP contribution in [-0.4, -0.2) is 74.0 Å². The molecule has 0 spiro atoms. The number of piperazine rings is 1. The lowest BCUT2D eigenvalue weighted by molar-refractivity contribution is -0.130. The van der Waals surface area contributed by atoms with E-state index in [0.717, 1.165) is 84.0 Å². The number of para-hydroxylation sites is 1. The molecule has 0 atom stereocenters. The van der Waals surface area contributed by atoms with Crippen molar-refractivity contribution in [2.75, 3.05) is 57.3 Å². The summed E-state index contributed by atoms with van der Waals surface area (Å²) in [6, 6.07) is 10.6. The predicted molar refractivity (Wildman–Crippen MR) is 131 cm³/mol. The second kappa shape index (κ2) is 12.9. The Morgan fingerprint density at radius 3 is 2.52 bits per heavy atom. The SMILES string of the molecule is CCNC(=NCCCN1CCCCCC1=O)N1CCN(c2ccccc2)CC1.I. The molecule has 1 aromatic rings. The zero-order valence-electron chi connectivity index (χ0n) is 17.7. The molecule has 1 N–H and O–H groups in total. The number of hydrogen-bond donors (Lipinski definition) is 1. The van der Waals surface area contributed by atoms with Gasteiger partial charge in [-0.1, -0.05) is 24.6 Å². The summed E-state index contributed by atoms with van der Waals surface area (Å²) in [7, 11) is 0. The number of rotatable bonds is 6. The van der Waals surface area contributed by atoms with E-state index in [4.69, 9.17) is 4.99 Å². The van der Waals surface area contributed by atoms with E-state index in [0.29, 0.717) is 5.91 Å². The molecule has 0 radical (unpaired) electrons. The number of nitrogens with one attached hydrogen (secondary N) is 1. The maximum absolute atomic E-state index is 12.1. The summed E-state index contributed by atoms with van der Waals surface area (Å²) in [6.45, 7) is 9.50. The normalized spacial score (nSPS) is 18.3. The molecule has 7 heteroatoms. The third-order valence-electron chi connectivity index (χ3n) is 5.55. The van der Waals surface area contributed by atoms with E-state index in [1.165, 1.54) is 12.1 Å². The van der Waals surface area contributed by atoms with Gasteiger partial charge in [-0.2, -0.15) is 0 Å². The molecule has 162 valence electrons. The summed E-state index contributed by atoms with van der Waals surface area (Å²) in [6.07, 6.45) is 5.03. The molecule has 2 heterocycles. The highest BCUT2D eigenvalue weighted by Gasteiger charge is 2.20. The second-order valence-corrected chi connectivity index (χ2v) is 7.59. The summed E-state index contributed by atoms with van der Waals surface area (Å²) < 4.78 is 0. The van der Waals surface area contributed by atoms with Crippen LogP contribution >= 0.6 is 24.0 Å². The third-order valence-corrected chi connectivity index (χ3v) is 5.55. The molecule has 2 fully saturated rings. The van der Waals surface area contributed by atoms with Crippen molar-refractivity contribution < 1.29 is 4.79 Å². The van der Waals surface area contributed by atoms with Crippen LogP contribution in [0, 0.1) is 0 Å². The first-order valence-corrected chi connectivity index (χ1v) is 10.9. The van der Waals surface area contributed by atoms with Gasteiger partial charge < -0.3 is 20.0 Å². The fourth-order valence-electron chi connectivity index (χ4n) is 3.96. The Morgan fingerprint density at radius 1 is 1.03 bits per heavy atom. The predicted octanol–water partition coefficient (Wildman–Crippen LogP) is 3.18. The number of guanidine groups is 1. The van der Waals surface area contributed by atoms with Gasteiger partial charge in [0.15, 0.2) is 5.96 Å². The molecule has 2 aliphatic rings. The van der Waals surface area contributed by atoms with E-state index >= 15 is 0 Å². The molecule has 2 aliphatic heterocycles. The van der Waals surface area contributed by atoms with Gasteiger partial charge in [0.2, 0.25) is 5.91 Å². The van der Waals surface area contributed by atoms with Gasteiger partial charge in [-0.05, 0) is 38.3 Å². The Kier molecular flexibility index (Phi) is 10.6. The fraction of sp³-hybridized carbons (Fsp3) is 0.636. The quantitative estimate of drug-likeness (QED) is 0.275. The Hall–Kier alpha value is -1.51. The first-order valence-electron chi connectivity index (χ1n) is 10.9. The molecule has 0 bridgehead atoms. The number of nitrogens with zero attached hydrogens (tertiary/aromatic N) is 4. The number of hydrogen-bond acceptors (Lipinski definition) is 3. The molecule has 29 heavy (non-hydrogen) atoms. The van der Waals surface area contributed by atoms with Crippen molar-refractivity contribution in [1.82, 2.24) is 15.1 Å². The van der Waals surface area contributed by atoms with Crippen molar-refractivity contribution in [1.29, 1.82) is 0 Å². The summed E-state index contributed by atoms with van der Waals surface area (Å²) >= 11 is 0. The van der Waals surface area contributed by atoms with Gasteiger partial charge in [0.1, 0.15) is 0 Å². The minimum absolute atomic E-state index is 0. The first-order chi connectivity index (χ1) is 13.8. The van der Waals surface area contributed by atoms with Crippen LogP contribution < -0.4 is 10.2 Å². The molecule has 2 saturated heterocycles. The monoisotopic (exact) mass is 513 g/mol. The number of anilines is 1. The number of likely N-dealkylation sites (tertiary alicyclic amines) is 1. The van der Waals surface area contributed by atoms with Gasteiger partial charge in [-0.15, -0.1) is 24.0 Å². The number of halogens is 1. The topological polar surface area (TPSA) is 51.2 Å². The number of aliphatic imine (C=N–C) groups is 1. The van der Waals surface area contributed by atoms with Crippen LogP contribution in [0.4, 0.5) is 5.69 Å². The highest BCUT2D eigenvalue weighted by Crippen LogP contribution is 2.15. The lowest BCUT2D eigenvalue weighted by atomic mass is 10.2. The van der Waals surface area contributed by atoms with Crippen LogP contribution in [0.3, 0.4) is 0 Å². The molecular formula is C22H36IN5O. The Morgan fingerprint density at radius 2 is 1.79 bits per heavy atom. The molecule has 6 nitrogen and oxygen atoms in total. The Bertz CT molecular complexity index is 631. The van der Waals surface area contributed by atoms with E-state index in [1.54, 1.807) is 0 Å². The zero-order valence-corrected chi connectivity index (χ0v) is 20.0. The van der Waals surface area contributed by atoms with Crippen molar-refractivity contribution in [3.63, 3.8) is 0 Å². The van der Waals surface area contributed by atoms with E-state index in [2.05, 4.69) is 52.4 Å². The zero-order chi connectivity index (χ0) is 19.6. The van der Waals surface area contributed by atoms with E-state index in [-0.39, 0.29) is 24.0 Å². The van der Waals surface area contributed by atoms with E-state index in [1.807, 2.05) is 4.90 Å². The van der Waals surface area contributed by atoms with Gasteiger partial charge in [0.05, 0.1) is 0 Å². The van der Waals surface area contributed by atoms with Crippen LogP contribution in [0.2, 0.25) is 0 Å². The fourth-order valence-corrected chi connectivity index (χ4v) is 3.96. The van der Waals surface area contributed by atoms with Crippen LogP contribution in [0.15, 0.2) is 35.3 Å². The molecule has 0 aliphatic carbocycles. The van der Waals surface area contributed by atoms with Crippen LogP contribution in [0.1, 0.15) is 39.0 Å². The number of carbonyl (C=O) groups is 1. The minimum atomic E-state index is 0. The standard InChI is InChI=1S/C22H35N5O.HI/c1-2-23-22(24-13-9-15-26-14-8-4-7-12-21(26)28)27-18-16-25(17-19-27)20-10-5-3-6-11-20;/h3,5-6,10-11H,2,4,7-9,12-19H2,1H3,(H,23,24);1H. The van der Waals surface area contributed by atoms with Crippen LogP contribution in [0.5, 0.6) is 0 Å². The second-order valence-electron chi connectivity index (χ2n) is 7.59. The highest BCUT2D eigenvalue weighted by atomic mass is 127. The van der Waals surface area contributed by atoms with Crippen LogP contribution in [-0.2, 0) is 4.79 Å². The number of carbonyl (C=O) groups excluding carboxylic acids is 1. The van der Waals surface area contributed by atoms with Gasteiger partial charge in [-0.3, -0.25) is 9.79 Å². The maximum atomic E-state index is 12.1. The molecule has 1 aromatic carbocycles. The van der Waals surface area contributed by atoms with Crippen molar-refractivity contribution in [2.24, 2.45) is 4.99 Å². The average Bonchev–Trinajstić information content (AvgIpc) is 2.95. The smallest absolute Gasteiger partial charge is 0.222 e.